The van der Waals surface area contributed by atoms with Crippen molar-refractivity contribution in [3.05, 3.63) is 75.7 Å². The minimum atomic E-state index is -3.49. The fraction of sp³-hybridized carbons (Fsp3) is 0.263. The van der Waals surface area contributed by atoms with Gasteiger partial charge in [0.15, 0.2) is 0 Å². The molecule has 126 valence electrons. The highest BCUT2D eigenvalue weighted by molar-refractivity contribution is 7.92. The Bertz CT molecular complexity index is 844. The normalized spacial score (nSPS) is 18.0. The van der Waals surface area contributed by atoms with E-state index >= 15 is 0 Å². The summed E-state index contributed by atoms with van der Waals surface area (Å²) in [6.45, 7) is 0. The fourth-order valence-corrected chi connectivity index (χ4v) is 4.34. The zero-order chi connectivity index (χ0) is 17.2. The summed E-state index contributed by atoms with van der Waals surface area (Å²) in [5.74, 6) is 0. The van der Waals surface area contributed by atoms with Gasteiger partial charge in [-0.3, -0.25) is 0 Å². The van der Waals surface area contributed by atoms with Crippen molar-refractivity contribution in [2.75, 3.05) is 7.05 Å². The van der Waals surface area contributed by atoms with Gasteiger partial charge >= 0.3 is 0 Å². The minimum absolute atomic E-state index is 0.102. The molecule has 3 rings (SSSR count). The summed E-state index contributed by atoms with van der Waals surface area (Å²) in [4.78, 5) is 0. The maximum Gasteiger partial charge on any atom is 0.236 e. The van der Waals surface area contributed by atoms with E-state index in [2.05, 4.69) is 6.07 Å². The van der Waals surface area contributed by atoms with Gasteiger partial charge in [0.1, 0.15) is 0 Å². The average molecular weight is 362 g/mol. The molecule has 24 heavy (non-hydrogen) atoms. The molecule has 0 heterocycles. The lowest BCUT2D eigenvalue weighted by Crippen LogP contribution is -2.32. The first-order valence-corrected chi connectivity index (χ1v) is 9.85. The molecule has 5 heteroatoms. The molecule has 0 bridgehead atoms. The van der Waals surface area contributed by atoms with Gasteiger partial charge in [-0.25, -0.2) is 8.42 Å². The summed E-state index contributed by atoms with van der Waals surface area (Å²) in [6.07, 6.45) is 4.47. The third-order valence-electron chi connectivity index (χ3n) is 4.48. The first kappa shape index (κ1) is 17.2. The second-order valence-corrected chi connectivity index (χ2v) is 8.34. The van der Waals surface area contributed by atoms with Crippen molar-refractivity contribution in [2.24, 2.45) is 0 Å². The van der Waals surface area contributed by atoms with Crippen LogP contribution >= 0.6 is 11.6 Å². The van der Waals surface area contributed by atoms with Crippen molar-refractivity contribution in [3.63, 3.8) is 0 Å². The lowest BCUT2D eigenvalue weighted by Gasteiger charge is -2.31. The van der Waals surface area contributed by atoms with E-state index in [-0.39, 0.29) is 6.04 Å². The van der Waals surface area contributed by atoms with Crippen LogP contribution in [-0.2, 0) is 16.4 Å². The molecule has 2 aromatic carbocycles. The van der Waals surface area contributed by atoms with Gasteiger partial charge in [0, 0.05) is 23.5 Å². The topological polar surface area (TPSA) is 37.4 Å². The smallest absolute Gasteiger partial charge is 0.207 e. The van der Waals surface area contributed by atoms with Crippen LogP contribution in [0.1, 0.15) is 35.6 Å². The maximum atomic E-state index is 12.7. The lowest BCUT2D eigenvalue weighted by molar-refractivity contribution is 0.341. The van der Waals surface area contributed by atoms with Crippen LogP contribution in [0.5, 0.6) is 0 Å². The van der Waals surface area contributed by atoms with Crippen LogP contribution in [0, 0.1) is 0 Å². The number of fused-ring (bicyclic) bond motifs is 1. The van der Waals surface area contributed by atoms with Crippen LogP contribution in [0.4, 0.5) is 0 Å². The van der Waals surface area contributed by atoms with E-state index in [1.165, 1.54) is 15.3 Å². The van der Waals surface area contributed by atoms with Crippen molar-refractivity contribution < 1.29 is 8.42 Å². The highest BCUT2D eigenvalue weighted by Crippen LogP contribution is 2.35. The number of hydrogen-bond acceptors (Lipinski definition) is 2. The molecule has 0 amide bonds. The molecule has 0 spiro atoms. The number of nitrogens with zero attached hydrogens (tertiary/aromatic N) is 1. The van der Waals surface area contributed by atoms with Gasteiger partial charge in [0.25, 0.3) is 0 Å². The van der Waals surface area contributed by atoms with E-state index in [0.717, 1.165) is 30.4 Å². The Balaban J connectivity index is 1.84. The number of rotatable bonds is 4. The predicted octanol–water partition coefficient (Wildman–Crippen LogP) is 4.65. The molecule has 0 unspecified atom stereocenters. The Kier molecular flexibility index (Phi) is 5.09. The quantitative estimate of drug-likeness (QED) is 0.794. The van der Waals surface area contributed by atoms with Gasteiger partial charge < -0.3 is 0 Å². The predicted molar refractivity (Wildman–Crippen MR) is 99.3 cm³/mol. The van der Waals surface area contributed by atoms with Crippen LogP contribution in [0.25, 0.3) is 6.08 Å². The van der Waals surface area contributed by atoms with Gasteiger partial charge in [-0.2, -0.15) is 4.31 Å². The largest absolute Gasteiger partial charge is 0.236 e. The molecule has 3 nitrogen and oxygen atoms in total. The number of benzene rings is 2. The Morgan fingerprint density at radius 3 is 2.58 bits per heavy atom. The summed E-state index contributed by atoms with van der Waals surface area (Å²) in [6, 6.07) is 15.1. The molecule has 0 aliphatic heterocycles. The van der Waals surface area contributed by atoms with Gasteiger partial charge in [-0.15, -0.1) is 0 Å². The Morgan fingerprint density at radius 2 is 1.83 bits per heavy atom. The van der Waals surface area contributed by atoms with E-state index in [1.54, 1.807) is 37.4 Å². The van der Waals surface area contributed by atoms with Gasteiger partial charge in [-0.1, -0.05) is 48.0 Å². The van der Waals surface area contributed by atoms with Crippen molar-refractivity contribution in [1.29, 1.82) is 0 Å². The van der Waals surface area contributed by atoms with Crippen LogP contribution < -0.4 is 0 Å². The molecule has 0 aromatic heterocycles. The number of halogens is 1. The molecule has 2 aromatic rings. The maximum absolute atomic E-state index is 12.7. The van der Waals surface area contributed by atoms with E-state index in [0.29, 0.717) is 5.02 Å². The monoisotopic (exact) mass is 361 g/mol. The van der Waals surface area contributed by atoms with E-state index in [9.17, 15) is 8.42 Å². The molecule has 0 saturated carbocycles. The van der Waals surface area contributed by atoms with Crippen LogP contribution in [0.15, 0.2) is 53.9 Å². The molecule has 1 aliphatic rings. The molecular weight excluding hydrogens is 342 g/mol. The average Bonchev–Trinajstić information content (AvgIpc) is 2.60. The zero-order valence-electron chi connectivity index (χ0n) is 13.5. The Labute approximate surface area is 148 Å². The second-order valence-electron chi connectivity index (χ2n) is 6.02. The first-order chi connectivity index (χ1) is 11.5. The van der Waals surface area contributed by atoms with Crippen molar-refractivity contribution in [1.82, 2.24) is 4.31 Å². The Hall–Kier alpha value is -1.62. The molecule has 1 atom stereocenters. The van der Waals surface area contributed by atoms with Crippen molar-refractivity contribution in [3.8, 4) is 0 Å². The Morgan fingerprint density at radius 1 is 1.12 bits per heavy atom. The number of aryl methyl sites for hydroxylation is 1. The highest BCUT2D eigenvalue weighted by atomic mass is 35.5. The lowest BCUT2D eigenvalue weighted by atomic mass is 9.88. The first-order valence-electron chi connectivity index (χ1n) is 7.97. The minimum Gasteiger partial charge on any atom is -0.207 e. The van der Waals surface area contributed by atoms with Gasteiger partial charge in [-0.05, 0) is 54.2 Å². The summed E-state index contributed by atoms with van der Waals surface area (Å²) >= 11 is 5.85. The van der Waals surface area contributed by atoms with E-state index in [4.69, 9.17) is 11.6 Å². The van der Waals surface area contributed by atoms with Crippen LogP contribution in [-0.4, -0.2) is 19.8 Å². The number of hydrogen-bond donors (Lipinski definition) is 0. The third-order valence-corrected chi connectivity index (χ3v) is 6.27. The molecular formula is C19H20ClNO2S. The molecule has 0 N–H and O–H groups in total. The highest BCUT2D eigenvalue weighted by Gasteiger charge is 2.29. The van der Waals surface area contributed by atoms with Gasteiger partial charge in [0.05, 0.1) is 0 Å². The number of sulfonamides is 1. The third kappa shape index (κ3) is 3.72. The SMILES string of the molecule is CN([C@H]1CCCc2ccccc21)S(=O)(=O)/C=C/c1ccc(Cl)cc1. The summed E-state index contributed by atoms with van der Waals surface area (Å²) < 4.78 is 26.9. The zero-order valence-corrected chi connectivity index (χ0v) is 15.1. The summed E-state index contributed by atoms with van der Waals surface area (Å²) in [5.41, 5.74) is 3.17. The van der Waals surface area contributed by atoms with E-state index < -0.39 is 10.0 Å². The van der Waals surface area contributed by atoms with Crippen molar-refractivity contribution >= 4 is 27.7 Å². The van der Waals surface area contributed by atoms with Crippen LogP contribution in [0.3, 0.4) is 0 Å². The van der Waals surface area contributed by atoms with E-state index in [1.807, 2.05) is 18.2 Å². The van der Waals surface area contributed by atoms with Gasteiger partial charge in [0.2, 0.25) is 10.0 Å². The van der Waals surface area contributed by atoms with Crippen molar-refractivity contribution in [2.45, 2.75) is 25.3 Å². The molecule has 0 radical (unpaired) electrons. The summed E-state index contributed by atoms with van der Waals surface area (Å²) in [7, 11) is -1.83. The molecule has 0 saturated heterocycles. The standard InChI is InChI=1S/C19H20ClNO2S/c1-21(19-8-4-6-16-5-2-3-7-18(16)19)24(22,23)14-13-15-9-11-17(20)12-10-15/h2-3,5,7,9-14,19H,4,6,8H2,1H3/b14-13+/t19-/m0/s1. The summed E-state index contributed by atoms with van der Waals surface area (Å²) in [5, 5.41) is 1.90. The molecule has 1 aliphatic carbocycles. The fourth-order valence-electron chi connectivity index (χ4n) is 3.12. The molecule has 0 fully saturated rings. The van der Waals surface area contributed by atoms with Crippen LogP contribution in [0.2, 0.25) is 5.02 Å². The second kappa shape index (κ2) is 7.09.